The fourth-order valence-electron chi connectivity index (χ4n) is 4.39. The number of carbonyl (C=O) groups excluding carboxylic acids is 1. The minimum absolute atomic E-state index is 0.0253. The number of carbonyl (C=O) groups is 1. The van der Waals surface area contributed by atoms with Crippen molar-refractivity contribution in [3.8, 4) is 11.5 Å². The van der Waals surface area contributed by atoms with Crippen molar-refractivity contribution in [2.45, 2.75) is 31.8 Å². The Morgan fingerprint density at radius 2 is 2.03 bits per heavy atom. The lowest BCUT2D eigenvalue weighted by Gasteiger charge is -2.23. The molecule has 2 aromatic carbocycles. The van der Waals surface area contributed by atoms with Crippen LogP contribution in [0.15, 0.2) is 52.9 Å². The Hall–Kier alpha value is -2.99. The summed E-state index contributed by atoms with van der Waals surface area (Å²) in [4.78, 5) is 14.1. The van der Waals surface area contributed by atoms with Gasteiger partial charge in [0, 0.05) is 24.3 Å². The molecule has 0 saturated carbocycles. The van der Waals surface area contributed by atoms with E-state index in [2.05, 4.69) is 11.4 Å². The molecule has 1 saturated heterocycles. The molecular formula is C24H29N2O4+. The molecule has 4 rings (SSSR count). The largest absolute Gasteiger partial charge is 0.497 e. The summed E-state index contributed by atoms with van der Waals surface area (Å²) < 4.78 is 16.8. The van der Waals surface area contributed by atoms with E-state index in [0.717, 1.165) is 53.2 Å². The number of quaternary nitrogens is 1. The van der Waals surface area contributed by atoms with Gasteiger partial charge < -0.3 is 24.1 Å². The number of hydrogen-bond acceptors (Lipinski definition) is 4. The van der Waals surface area contributed by atoms with Crippen LogP contribution in [0.4, 0.5) is 0 Å². The molecule has 0 radical (unpaired) electrons. The van der Waals surface area contributed by atoms with Gasteiger partial charge in [-0.1, -0.05) is 18.2 Å². The Morgan fingerprint density at radius 3 is 2.80 bits per heavy atom. The normalized spacial score (nSPS) is 19.6. The first kappa shape index (κ1) is 20.3. The molecule has 1 unspecified atom stereocenters. The van der Waals surface area contributed by atoms with Crippen molar-refractivity contribution in [1.29, 1.82) is 0 Å². The van der Waals surface area contributed by atoms with Crippen LogP contribution in [0.3, 0.4) is 0 Å². The number of para-hydroxylation sites is 1. The number of likely N-dealkylation sites (tertiary alicyclic amines) is 1. The van der Waals surface area contributed by atoms with Crippen LogP contribution in [-0.2, 0) is 4.79 Å². The third kappa shape index (κ3) is 4.14. The lowest BCUT2D eigenvalue weighted by molar-refractivity contribution is -0.910. The molecule has 3 atom stereocenters. The van der Waals surface area contributed by atoms with Crippen molar-refractivity contribution in [2.75, 3.05) is 27.3 Å². The number of ether oxygens (including phenoxy) is 2. The topological polar surface area (TPSA) is 65.1 Å². The third-order valence-corrected chi connectivity index (χ3v) is 5.94. The average molecular weight is 410 g/mol. The molecule has 0 spiro atoms. The van der Waals surface area contributed by atoms with Crippen LogP contribution in [0.2, 0.25) is 0 Å². The summed E-state index contributed by atoms with van der Waals surface area (Å²) in [5, 5.41) is 4.14. The van der Waals surface area contributed by atoms with E-state index in [0.29, 0.717) is 6.54 Å². The van der Waals surface area contributed by atoms with Gasteiger partial charge in [0.1, 0.15) is 28.9 Å². The van der Waals surface area contributed by atoms with Crippen molar-refractivity contribution in [3.63, 3.8) is 0 Å². The third-order valence-electron chi connectivity index (χ3n) is 5.94. The second-order valence-electron chi connectivity index (χ2n) is 7.86. The van der Waals surface area contributed by atoms with Crippen LogP contribution < -0.4 is 19.7 Å². The van der Waals surface area contributed by atoms with Crippen LogP contribution in [-0.4, -0.2) is 33.2 Å². The molecular weight excluding hydrogens is 380 g/mol. The smallest absolute Gasteiger partial charge is 0.275 e. The van der Waals surface area contributed by atoms with Gasteiger partial charge in [0.05, 0.1) is 32.4 Å². The highest BCUT2D eigenvalue weighted by atomic mass is 16.5. The first-order valence-corrected chi connectivity index (χ1v) is 10.4. The molecule has 158 valence electrons. The predicted molar refractivity (Wildman–Crippen MR) is 115 cm³/mol. The molecule has 3 aromatic rings. The van der Waals surface area contributed by atoms with Gasteiger partial charge in [-0.05, 0) is 31.2 Å². The fourth-order valence-corrected chi connectivity index (χ4v) is 4.39. The molecule has 1 fully saturated rings. The molecule has 1 aromatic heterocycles. The summed E-state index contributed by atoms with van der Waals surface area (Å²) in [7, 11) is 3.32. The van der Waals surface area contributed by atoms with Gasteiger partial charge in [-0.25, -0.2) is 0 Å². The number of fused-ring (bicyclic) bond motifs is 1. The monoisotopic (exact) mass is 409 g/mol. The molecule has 1 aliphatic heterocycles. The van der Waals surface area contributed by atoms with Crippen molar-refractivity contribution < 1.29 is 23.6 Å². The van der Waals surface area contributed by atoms with Crippen LogP contribution in [0.1, 0.15) is 43.2 Å². The maximum atomic E-state index is 12.8. The van der Waals surface area contributed by atoms with Gasteiger partial charge >= 0.3 is 0 Å². The van der Waals surface area contributed by atoms with E-state index in [-0.39, 0.29) is 18.0 Å². The molecule has 30 heavy (non-hydrogen) atoms. The molecule has 1 amide bonds. The zero-order valence-electron chi connectivity index (χ0n) is 17.7. The minimum Gasteiger partial charge on any atom is -0.497 e. The van der Waals surface area contributed by atoms with Gasteiger partial charge in [0.2, 0.25) is 0 Å². The van der Waals surface area contributed by atoms with E-state index < -0.39 is 0 Å². The maximum Gasteiger partial charge on any atom is 0.275 e. The molecule has 6 heteroatoms. The first-order valence-electron chi connectivity index (χ1n) is 10.4. The predicted octanol–water partition coefficient (Wildman–Crippen LogP) is 3.05. The summed E-state index contributed by atoms with van der Waals surface area (Å²) >= 11 is 0. The van der Waals surface area contributed by atoms with Crippen molar-refractivity contribution in [2.24, 2.45) is 0 Å². The second kappa shape index (κ2) is 8.79. The lowest BCUT2D eigenvalue weighted by atomic mass is 10.0. The quantitative estimate of drug-likeness (QED) is 0.630. The Kier molecular flexibility index (Phi) is 5.95. The Morgan fingerprint density at radius 1 is 1.20 bits per heavy atom. The van der Waals surface area contributed by atoms with Gasteiger partial charge in [-0.2, -0.15) is 0 Å². The zero-order chi connectivity index (χ0) is 21.1. The van der Waals surface area contributed by atoms with Crippen LogP contribution in [0.5, 0.6) is 11.5 Å². The summed E-state index contributed by atoms with van der Waals surface area (Å²) in [5.74, 6) is 2.38. The SMILES string of the molecule is COc1ccc([C@@H]2CCC[NH+]2CC(=O)N[C@@H](C)c2cc3ccccc3o2)c(OC)c1. The second-order valence-corrected chi connectivity index (χ2v) is 7.86. The van der Waals surface area contributed by atoms with Gasteiger partial charge in [-0.15, -0.1) is 0 Å². The highest BCUT2D eigenvalue weighted by Gasteiger charge is 2.34. The highest BCUT2D eigenvalue weighted by molar-refractivity contribution is 5.79. The van der Waals surface area contributed by atoms with E-state index in [9.17, 15) is 4.79 Å². The average Bonchev–Trinajstić information content (AvgIpc) is 3.40. The van der Waals surface area contributed by atoms with Gasteiger partial charge in [-0.3, -0.25) is 4.79 Å². The maximum absolute atomic E-state index is 12.8. The number of amides is 1. The molecule has 2 N–H and O–H groups in total. The van der Waals surface area contributed by atoms with Crippen LogP contribution >= 0.6 is 0 Å². The summed E-state index contributed by atoms with van der Waals surface area (Å²) in [5.41, 5.74) is 1.97. The van der Waals surface area contributed by atoms with Crippen LogP contribution in [0, 0.1) is 0 Å². The minimum atomic E-state index is -0.180. The molecule has 0 aliphatic carbocycles. The number of hydrogen-bond donors (Lipinski definition) is 2. The van der Waals surface area contributed by atoms with Crippen molar-refractivity contribution >= 4 is 16.9 Å². The number of rotatable bonds is 7. The molecule has 1 aliphatic rings. The van der Waals surface area contributed by atoms with E-state index in [1.807, 2.05) is 49.4 Å². The summed E-state index contributed by atoms with van der Waals surface area (Å²) in [6, 6.07) is 15.9. The number of benzene rings is 2. The standard InChI is InChI=1S/C24H28N2O4/c1-16(22-13-17-7-4-5-9-21(17)30-22)25-24(27)15-26-12-6-8-20(26)19-11-10-18(28-2)14-23(19)29-3/h4-5,7,9-11,13-14,16,20H,6,8,12,15H2,1-3H3,(H,25,27)/p+1/t16-,20-/m0/s1. The zero-order valence-corrected chi connectivity index (χ0v) is 17.7. The van der Waals surface area contributed by atoms with E-state index in [4.69, 9.17) is 13.9 Å². The van der Waals surface area contributed by atoms with Gasteiger partial charge in [0.25, 0.3) is 5.91 Å². The first-order chi connectivity index (χ1) is 14.6. The molecule has 0 bridgehead atoms. The Bertz CT molecular complexity index is 996. The highest BCUT2D eigenvalue weighted by Crippen LogP contribution is 2.31. The summed E-state index contributed by atoms with van der Waals surface area (Å²) in [6.45, 7) is 3.34. The Labute approximate surface area is 176 Å². The van der Waals surface area contributed by atoms with E-state index in [1.165, 1.54) is 4.90 Å². The van der Waals surface area contributed by atoms with Crippen LogP contribution in [0.25, 0.3) is 11.0 Å². The Balaban J connectivity index is 1.43. The van der Waals surface area contributed by atoms with E-state index >= 15 is 0 Å². The molecule has 2 heterocycles. The number of methoxy groups -OCH3 is 2. The molecule has 6 nitrogen and oxygen atoms in total. The number of nitrogens with one attached hydrogen (secondary N) is 2. The lowest BCUT2D eigenvalue weighted by Crippen LogP contribution is -3.11. The number of furan rings is 1. The van der Waals surface area contributed by atoms with Crippen molar-refractivity contribution in [3.05, 3.63) is 59.9 Å². The summed E-state index contributed by atoms with van der Waals surface area (Å²) in [6.07, 6.45) is 2.12. The fraction of sp³-hybridized carbons (Fsp3) is 0.375. The van der Waals surface area contributed by atoms with Gasteiger partial charge in [0.15, 0.2) is 6.54 Å². The van der Waals surface area contributed by atoms with E-state index in [1.54, 1.807) is 14.2 Å². The van der Waals surface area contributed by atoms with Crippen molar-refractivity contribution in [1.82, 2.24) is 5.32 Å².